The van der Waals surface area contributed by atoms with Crippen molar-refractivity contribution < 1.29 is 4.79 Å². The second-order valence-corrected chi connectivity index (χ2v) is 6.25. The third-order valence-corrected chi connectivity index (χ3v) is 4.54. The van der Waals surface area contributed by atoms with Gasteiger partial charge in [0.2, 0.25) is 0 Å². The van der Waals surface area contributed by atoms with E-state index in [1.165, 1.54) is 11.3 Å². The minimum absolute atomic E-state index is 0.0601. The average Bonchev–Trinajstić information content (AvgIpc) is 2.75. The molecule has 1 fully saturated rings. The second-order valence-electron chi connectivity index (χ2n) is 5.22. The van der Waals surface area contributed by atoms with Crippen LogP contribution in [-0.4, -0.2) is 67.0 Å². The fourth-order valence-corrected chi connectivity index (χ4v) is 3.03. The number of aromatic nitrogens is 1. The number of piperazine rings is 1. The molecule has 1 aromatic rings. The molecular weight excluding hydrogens is 274 g/mol. The first-order valence-corrected chi connectivity index (χ1v) is 7.80. The molecule has 0 aromatic carbocycles. The number of anilines is 1. The number of nitrogens with one attached hydrogen (secondary N) is 1. The highest BCUT2D eigenvalue weighted by atomic mass is 32.1. The molecule has 7 heteroatoms. The van der Waals surface area contributed by atoms with E-state index >= 15 is 0 Å². The van der Waals surface area contributed by atoms with Gasteiger partial charge in [-0.25, -0.2) is 4.98 Å². The Morgan fingerprint density at radius 3 is 2.70 bits per heavy atom. The fraction of sp³-hybridized carbons (Fsp3) is 0.692. The van der Waals surface area contributed by atoms with Crippen molar-refractivity contribution >= 4 is 22.4 Å². The van der Waals surface area contributed by atoms with Crippen LogP contribution in [-0.2, 0) is 0 Å². The van der Waals surface area contributed by atoms with Crippen molar-refractivity contribution in [2.24, 2.45) is 0 Å². The molecule has 2 rings (SSSR count). The average molecular weight is 297 g/mol. The summed E-state index contributed by atoms with van der Waals surface area (Å²) in [7, 11) is 2.15. The fourth-order valence-electron chi connectivity index (χ4n) is 2.28. The van der Waals surface area contributed by atoms with Crippen molar-refractivity contribution in [3.8, 4) is 0 Å². The zero-order valence-electron chi connectivity index (χ0n) is 12.2. The largest absolute Gasteiger partial charge is 0.375 e. The highest BCUT2D eigenvalue weighted by Crippen LogP contribution is 2.19. The van der Waals surface area contributed by atoms with E-state index in [1.54, 1.807) is 0 Å². The number of hydrogen-bond donors (Lipinski definition) is 2. The van der Waals surface area contributed by atoms with E-state index in [0.717, 1.165) is 39.1 Å². The van der Waals surface area contributed by atoms with Crippen LogP contribution in [0.3, 0.4) is 0 Å². The van der Waals surface area contributed by atoms with Crippen molar-refractivity contribution in [2.45, 2.75) is 13.3 Å². The number of carbonyl (C=O) groups is 1. The number of nitrogen functional groups attached to an aromatic ring is 1. The van der Waals surface area contributed by atoms with E-state index in [-0.39, 0.29) is 5.91 Å². The number of nitrogens with zero attached hydrogens (tertiary/aromatic N) is 3. The van der Waals surface area contributed by atoms with Crippen LogP contribution in [0.4, 0.5) is 5.13 Å². The molecule has 6 nitrogen and oxygen atoms in total. The van der Waals surface area contributed by atoms with E-state index in [0.29, 0.717) is 22.2 Å². The minimum atomic E-state index is -0.0601. The zero-order valence-corrected chi connectivity index (χ0v) is 13.0. The van der Waals surface area contributed by atoms with Crippen LogP contribution >= 0.6 is 11.3 Å². The number of likely N-dealkylation sites (N-methyl/N-ethyl adjacent to an activating group) is 1. The number of carbonyl (C=O) groups excluding carboxylic acids is 1. The Balaban J connectivity index is 1.66. The van der Waals surface area contributed by atoms with Crippen LogP contribution in [0.1, 0.15) is 21.8 Å². The molecule has 1 aliphatic rings. The third kappa shape index (κ3) is 4.16. The molecule has 1 saturated heterocycles. The SMILES string of the molecule is Cc1nc(N)sc1C(=O)NCCCN1CCN(C)CC1. The van der Waals surface area contributed by atoms with Crippen molar-refractivity contribution in [3.63, 3.8) is 0 Å². The van der Waals surface area contributed by atoms with Crippen LogP contribution in [0.5, 0.6) is 0 Å². The number of hydrogen-bond acceptors (Lipinski definition) is 6. The van der Waals surface area contributed by atoms with Crippen LogP contribution in [0, 0.1) is 6.92 Å². The summed E-state index contributed by atoms with van der Waals surface area (Å²) in [6.45, 7) is 8.05. The quantitative estimate of drug-likeness (QED) is 0.770. The third-order valence-electron chi connectivity index (χ3n) is 3.55. The van der Waals surface area contributed by atoms with Gasteiger partial charge in [-0.15, -0.1) is 0 Å². The van der Waals surface area contributed by atoms with Crippen molar-refractivity contribution in [3.05, 3.63) is 10.6 Å². The maximum absolute atomic E-state index is 12.0. The van der Waals surface area contributed by atoms with Gasteiger partial charge in [-0.2, -0.15) is 0 Å². The molecule has 1 aliphatic heterocycles. The topological polar surface area (TPSA) is 74.5 Å². The van der Waals surface area contributed by atoms with Crippen molar-refractivity contribution in [2.75, 3.05) is 52.0 Å². The lowest BCUT2D eigenvalue weighted by atomic mass is 10.3. The molecule has 0 bridgehead atoms. The number of thiazole rings is 1. The maximum Gasteiger partial charge on any atom is 0.263 e. The molecule has 3 N–H and O–H groups in total. The van der Waals surface area contributed by atoms with Gasteiger partial charge in [0.25, 0.3) is 5.91 Å². The van der Waals surface area contributed by atoms with Crippen LogP contribution in [0.15, 0.2) is 0 Å². The highest BCUT2D eigenvalue weighted by molar-refractivity contribution is 7.17. The standard InChI is InChI=1S/C13H23N5OS/c1-10-11(20-13(14)16-10)12(19)15-4-3-5-18-8-6-17(2)7-9-18/h3-9H2,1-2H3,(H2,14,16)(H,15,19). The number of rotatable bonds is 5. The van der Waals surface area contributed by atoms with Gasteiger partial charge in [-0.3, -0.25) is 4.79 Å². The summed E-state index contributed by atoms with van der Waals surface area (Å²) in [6, 6.07) is 0. The molecule has 0 spiro atoms. The molecule has 0 atom stereocenters. The molecule has 0 radical (unpaired) electrons. The Labute approximate surface area is 124 Å². The summed E-state index contributed by atoms with van der Waals surface area (Å²) in [5.41, 5.74) is 6.31. The predicted molar refractivity (Wildman–Crippen MR) is 82.2 cm³/mol. The second kappa shape index (κ2) is 7.01. The van der Waals surface area contributed by atoms with E-state index in [1.807, 2.05) is 6.92 Å². The molecule has 0 unspecified atom stereocenters. The van der Waals surface area contributed by atoms with E-state index in [2.05, 4.69) is 27.1 Å². The molecule has 1 aromatic heterocycles. The smallest absolute Gasteiger partial charge is 0.263 e. The van der Waals surface area contributed by atoms with Crippen molar-refractivity contribution in [1.82, 2.24) is 20.1 Å². The number of nitrogens with two attached hydrogens (primary N) is 1. The summed E-state index contributed by atoms with van der Waals surface area (Å²) in [5, 5.41) is 3.39. The van der Waals surface area contributed by atoms with E-state index in [4.69, 9.17) is 5.73 Å². The summed E-state index contributed by atoms with van der Waals surface area (Å²) in [4.78, 5) is 21.4. The Hall–Kier alpha value is -1.18. The Kier molecular flexibility index (Phi) is 5.33. The van der Waals surface area contributed by atoms with Crippen LogP contribution < -0.4 is 11.1 Å². The monoisotopic (exact) mass is 297 g/mol. The minimum Gasteiger partial charge on any atom is -0.375 e. The number of aryl methyl sites for hydroxylation is 1. The first-order valence-electron chi connectivity index (χ1n) is 6.98. The highest BCUT2D eigenvalue weighted by Gasteiger charge is 2.15. The molecule has 2 heterocycles. The molecule has 1 amide bonds. The molecule has 112 valence electrons. The molecule has 0 saturated carbocycles. The summed E-state index contributed by atoms with van der Waals surface area (Å²) in [5.74, 6) is -0.0601. The van der Waals surface area contributed by atoms with Crippen LogP contribution in [0.2, 0.25) is 0 Å². The first-order chi connectivity index (χ1) is 9.56. The van der Waals surface area contributed by atoms with Crippen LogP contribution in [0.25, 0.3) is 0 Å². The zero-order chi connectivity index (χ0) is 14.5. The molecule has 20 heavy (non-hydrogen) atoms. The maximum atomic E-state index is 12.0. The van der Waals surface area contributed by atoms with Gasteiger partial charge in [0.1, 0.15) is 4.88 Å². The van der Waals surface area contributed by atoms with Gasteiger partial charge in [0.15, 0.2) is 5.13 Å². The predicted octanol–water partition coefficient (Wildman–Crippen LogP) is 0.401. The summed E-state index contributed by atoms with van der Waals surface area (Å²) >= 11 is 1.25. The Morgan fingerprint density at radius 1 is 1.40 bits per heavy atom. The van der Waals surface area contributed by atoms with Gasteiger partial charge in [0, 0.05) is 32.7 Å². The molecular formula is C13H23N5OS. The first kappa shape index (κ1) is 15.2. The lowest BCUT2D eigenvalue weighted by Crippen LogP contribution is -2.45. The van der Waals surface area contributed by atoms with Gasteiger partial charge < -0.3 is 20.9 Å². The summed E-state index contributed by atoms with van der Waals surface area (Å²) < 4.78 is 0. The number of amides is 1. The summed E-state index contributed by atoms with van der Waals surface area (Å²) in [6.07, 6.45) is 0.975. The van der Waals surface area contributed by atoms with Gasteiger partial charge in [0.05, 0.1) is 5.69 Å². The van der Waals surface area contributed by atoms with Gasteiger partial charge in [-0.05, 0) is 26.9 Å². The van der Waals surface area contributed by atoms with Crippen molar-refractivity contribution in [1.29, 1.82) is 0 Å². The van der Waals surface area contributed by atoms with Gasteiger partial charge >= 0.3 is 0 Å². The Morgan fingerprint density at radius 2 is 2.10 bits per heavy atom. The lowest BCUT2D eigenvalue weighted by molar-refractivity contribution is 0.0952. The van der Waals surface area contributed by atoms with E-state index < -0.39 is 0 Å². The van der Waals surface area contributed by atoms with E-state index in [9.17, 15) is 4.79 Å². The Bertz CT molecular complexity index is 454. The normalized spacial score (nSPS) is 17.3. The molecule has 0 aliphatic carbocycles. The lowest BCUT2D eigenvalue weighted by Gasteiger charge is -2.32. The van der Waals surface area contributed by atoms with Gasteiger partial charge in [-0.1, -0.05) is 11.3 Å².